The van der Waals surface area contributed by atoms with E-state index in [-0.39, 0.29) is 23.9 Å². The van der Waals surface area contributed by atoms with Gasteiger partial charge in [0.15, 0.2) is 18.1 Å². The Morgan fingerprint density at radius 2 is 1.74 bits per heavy atom. The Balaban J connectivity index is 1.45. The highest BCUT2D eigenvalue weighted by Gasteiger charge is 2.27. The summed E-state index contributed by atoms with van der Waals surface area (Å²) in [7, 11) is 3.94. The Morgan fingerprint density at radius 1 is 1.03 bits per heavy atom. The molecule has 3 aromatic rings. The van der Waals surface area contributed by atoms with E-state index in [4.69, 9.17) is 9.47 Å². The van der Waals surface area contributed by atoms with Gasteiger partial charge in [0.1, 0.15) is 11.5 Å². The largest absolute Gasteiger partial charge is 0.485 e. The van der Waals surface area contributed by atoms with Crippen molar-refractivity contribution in [2.75, 3.05) is 25.6 Å². The van der Waals surface area contributed by atoms with Crippen molar-refractivity contribution in [2.24, 2.45) is 0 Å². The minimum Gasteiger partial charge on any atom is -0.485 e. The normalized spacial score (nSPS) is 13.6. The average Bonchev–Trinajstić information content (AvgIpc) is 3.07. The molecule has 5 nitrogen and oxygen atoms in total. The number of hydrogen-bond acceptors (Lipinski definition) is 5. The molecule has 0 saturated heterocycles. The Kier molecular flexibility index (Phi) is 5.91. The summed E-state index contributed by atoms with van der Waals surface area (Å²) < 4.78 is 12.3. The summed E-state index contributed by atoms with van der Waals surface area (Å²) in [4.78, 5) is 27.0. The number of ketones is 2. The number of anilines is 1. The van der Waals surface area contributed by atoms with Crippen molar-refractivity contribution in [3.8, 4) is 11.5 Å². The lowest BCUT2D eigenvalue weighted by atomic mass is 10.1. The van der Waals surface area contributed by atoms with Gasteiger partial charge in [-0.15, -0.1) is 0 Å². The molecule has 0 aromatic heterocycles. The second-order valence-corrected chi connectivity index (χ2v) is 8.22. The van der Waals surface area contributed by atoms with E-state index in [9.17, 15) is 9.59 Å². The first-order valence-electron chi connectivity index (χ1n) is 9.68. The van der Waals surface area contributed by atoms with Crippen molar-refractivity contribution in [1.29, 1.82) is 0 Å². The van der Waals surface area contributed by atoms with Gasteiger partial charge in [-0.05, 0) is 48.0 Å². The third-order valence-corrected chi connectivity index (χ3v) is 5.41. The number of allylic oxidation sites excluding steroid dienone is 1. The van der Waals surface area contributed by atoms with Crippen LogP contribution in [0, 0.1) is 0 Å². The maximum absolute atomic E-state index is 12.7. The standard InChI is InChI=1S/C25H20BrNO4/c1-27(2)19-9-3-16(4-10-19)13-24-25(29)21-12-11-20(14-23(21)31-24)30-15-22(28)17-5-7-18(26)8-6-17/h3-14H,15H2,1-2H3/b24-13-. The van der Waals surface area contributed by atoms with Gasteiger partial charge in [0.05, 0.1) is 5.56 Å². The van der Waals surface area contributed by atoms with E-state index < -0.39 is 0 Å². The summed E-state index contributed by atoms with van der Waals surface area (Å²) in [6, 6.07) is 19.9. The van der Waals surface area contributed by atoms with Gasteiger partial charge in [-0.25, -0.2) is 0 Å². The van der Waals surface area contributed by atoms with Gasteiger partial charge in [0, 0.05) is 35.9 Å². The smallest absolute Gasteiger partial charge is 0.231 e. The Hall–Kier alpha value is -3.38. The zero-order valence-corrected chi connectivity index (χ0v) is 18.7. The Bertz CT molecular complexity index is 1170. The predicted molar refractivity (Wildman–Crippen MR) is 124 cm³/mol. The predicted octanol–water partition coefficient (Wildman–Crippen LogP) is 5.39. The van der Waals surface area contributed by atoms with E-state index in [0.717, 1.165) is 15.7 Å². The van der Waals surface area contributed by atoms with Crippen LogP contribution in [0.25, 0.3) is 6.08 Å². The summed E-state index contributed by atoms with van der Waals surface area (Å²) >= 11 is 3.35. The van der Waals surface area contributed by atoms with Crippen molar-refractivity contribution in [2.45, 2.75) is 0 Å². The third-order valence-electron chi connectivity index (χ3n) is 4.88. The van der Waals surface area contributed by atoms with Crippen LogP contribution in [0.3, 0.4) is 0 Å². The van der Waals surface area contributed by atoms with Crippen LogP contribution < -0.4 is 14.4 Å². The number of fused-ring (bicyclic) bond motifs is 1. The third kappa shape index (κ3) is 4.70. The molecule has 0 atom stereocenters. The molecule has 1 aliphatic heterocycles. The molecule has 0 N–H and O–H groups in total. The topological polar surface area (TPSA) is 55.8 Å². The minimum absolute atomic E-state index is 0.102. The van der Waals surface area contributed by atoms with Crippen LogP contribution in [0.1, 0.15) is 26.3 Å². The molecule has 0 radical (unpaired) electrons. The van der Waals surface area contributed by atoms with Gasteiger partial charge in [0.25, 0.3) is 0 Å². The van der Waals surface area contributed by atoms with E-state index in [1.54, 1.807) is 36.4 Å². The summed E-state index contributed by atoms with van der Waals surface area (Å²) in [5.74, 6) is 0.843. The molecular weight excluding hydrogens is 458 g/mol. The average molecular weight is 478 g/mol. The van der Waals surface area contributed by atoms with E-state index in [1.165, 1.54) is 0 Å². The SMILES string of the molecule is CN(C)c1ccc(/C=C2\Oc3cc(OCC(=O)c4ccc(Br)cc4)ccc3C2=O)cc1. The van der Waals surface area contributed by atoms with Gasteiger partial charge in [-0.1, -0.05) is 40.2 Å². The van der Waals surface area contributed by atoms with E-state index in [1.807, 2.05) is 55.4 Å². The molecule has 4 rings (SSSR count). The number of hydrogen-bond donors (Lipinski definition) is 0. The van der Waals surface area contributed by atoms with Gasteiger partial charge < -0.3 is 14.4 Å². The van der Waals surface area contributed by atoms with Gasteiger partial charge in [-0.2, -0.15) is 0 Å². The van der Waals surface area contributed by atoms with E-state index >= 15 is 0 Å². The fourth-order valence-electron chi connectivity index (χ4n) is 3.15. The number of rotatable bonds is 6. The van der Waals surface area contributed by atoms with Crippen LogP contribution in [0.4, 0.5) is 5.69 Å². The number of carbonyl (C=O) groups is 2. The molecule has 31 heavy (non-hydrogen) atoms. The maximum atomic E-state index is 12.7. The zero-order valence-electron chi connectivity index (χ0n) is 17.1. The van der Waals surface area contributed by atoms with Crippen molar-refractivity contribution in [3.05, 3.63) is 93.7 Å². The zero-order chi connectivity index (χ0) is 22.0. The van der Waals surface area contributed by atoms with Crippen LogP contribution in [0.2, 0.25) is 0 Å². The number of carbonyl (C=O) groups excluding carboxylic acids is 2. The highest BCUT2D eigenvalue weighted by molar-refractivity contribution is 9.10. The highest BCUT2D eigenvalue weighted by Crippen LogP contribution is 2.35. The first-order chi connectivity index (χ1) is 14.9. The van der Waals surface area contributed by atoms with Gasteiger partial charge in [-0.3, -0.25) is 9.59 Å². The van der Waals surface area contributed by atoms with Crippen LogP contribution in [0.5, 0.6) is 11.5 Å². The van der Waals surface area contributed by atoms with Crippen molar-refractivity contribution in [1.82, 2.24) is 0 Å². The number of benzene rings is 3. The van der Waals surface area contributed by atoms with E-state index in [0.29, 0.717) is 22.6 Å². The second kappa shape index (κ2) is 8.78. The number of Topliss-reactive ketones (excluding diaryl/α,β-unsaturated/α-hetero) is 2. The van der Waals surface area contributed by atoms with Crippen LogP contribution >= 0.6 is 15.9 Å². The first-order valence-corrected chi connectivity index (χ1v) is 10.5. The molecule has 0 fully saturated rings. The van der Waals surface area contributed by atoms with Gasteiger partial charge in [0.2, 0.25) is 5.78 Å². The molecule has 6 heteroatoms. The number of nitrogens with zero attached hydrogens (tertiary/aromatic N) is 1. The van der Waals surface area contributed by atoms with Crippen molar-refractivity contribution < 1.29 is 19.1 Å². The molecule has 1 aliphatic rings. The summed E-state index contributed by atoms with van der Waals surface area (Å²) in [6.07, 6.45) is 1.72. The molecule has 0 amide bonds. The Labute approximate surface area is 189 Å². The second-order valence-electron chi connectivity index (χ2n) is 7.30. The highest BCUT2D eigenvalue weighted by atomic mass is 79.9. The molecule has 3 aromatic carbocycles. The molecule has 0 unspecified atom stereocenters. The number of ether oxygens (including phenoxy) is 2. The van der Waals surface area contributed by atoms with Crippen LogP contribution in [-0.4, -0.2) is 32.3 Å². The molecule has 0 spiro atoms. The van der Waals surface area contributed by atoms with Crippen LogP contribution in [-0.2, 0) is 0 Å². The summed E-state index contributed by atoms with van der Waals surface area (Å²) in [5, 5.41) is 0. The monoisotopic (exact) mass is 477 g/mol. The molecule has 156 valence electrons. The summed E-state index contributed by atoms with van der Waals surface area (Å²) in [5.41, 5.74) is 2.99. The lowest BCUT2D eigenvalue weighted by molar-refractivity contribution is 0.0921. The Morgan fingerprint density at radius 3 is 2.42 bits per heavy atom. The first kappa shape index (κ1) is 20.9. The van der Waals surface area contributed by atoms with Gasteiger partial charge >= 0.3 is 0 Å². The molecule has 1 heterocycles. The number of halogens is 1. The maximum Gasteiger partial charge on any atom is 0.231 e. The molecule has 0 saturated carbocycles. The van der Waals surface area contributed by atoms with Crippen molar-refractivity contribution >= 4 is 39.3 Å². The fourth-order valence-corrected chi connectivity index (χ4v) is 3.41. The van der Waals surface area contributed by atoms with Crippen molar-refractivity contribution in [3.63, 3.8) is 0 Å². The lowest BCUT2D eigenvalue weighted by Crippen LogP contribution is -2.11. The molecule has 0 bridgehead atoms. The molecular formula is C25H20BrNO4. The van der Waals surface area contributed by atoms with Crippen LogP contribution in [0.15, 0.2) is 77.0 Å². The quantitative estimate of drug-likeness (QED) is 0.351. The van der Waals surface area contributed by atoms with E-state index in [2.05, 4.69) is 15.9 Å². The lowest BCUT2D eigenvalue weighted by Gasteiger charge is -2.11. The fraction of sp³-hybridized carbons (Fsp3) is 0.120. The minimum atomic E-state index is -0.177. The molecule has 0 aliphatic carbocycles. The summed E-state index contributed by atoms with van der Waals surface area (Å²) in [6.45, 7) is -0.102.